The van der Waals surface area contributed by atoms with Gasteiger partial charge in [0, 0.05) is 18.0 Å². The van der Waals surface area contributed by atoms with Crippen LogP contribution in [0.5, 0.6) is 5.75 Å². The summed E-state index contributed by atoms with van der Waals surface area (Å²) >= 11 is 0. The average Bonchev–Trinajstić information content (AvgIpc) is 2.97. The van der Waals surface area contributed by atoms with Crippen LogP contribution in [-0.2, 0) is 10.2 Å². The highest BCUT2D eigenvalue weighted by molar-refractivity contribution is 6.07. The molecule has 6 heteroatoms. The van der Waals surface area contributed by atoms with E-state index < -0.39 is 5.41 Å². The number of benzene rings is 1. The zero-order valence-electron chi connectivity index (χ0n) is 12.0. The Bertz CT molecular complexity index is 928. The van der Waals surface area contributed by atoms with Crippen LogP contribution in [0.4, 0.5) is 5.69 Å². The van der Waals surface area contributed by atoms with Gasteiger partial charge in [-0.2, -0.15) is 0 Å². The summed E-state index contributed by atoms with van der Waals surface area (Å²) < 4.78 is 5.71. The second kappa shape index (κ2) is 4.07. The molecule has 2 aromatic heterocycles. The van der Waals surface area contributed by atoms with Crippen molar-refractivity contribution in [3.8, 4) is 17.2 Å². The number of nitrogens with zero attached hydrogens (tertiary/aromatic N) is 2. The molecule has 0 spiro atoms. The van der Waals surface area contributed by atoms with E-state index in [4.69, 9.17) is 4.42 Å². The fourth-order valence-electron chi connectivity index (χ4n) is 2.68. The number of aromatic nitrogens is 2. The summed E-state index contributed by atoms with van der Waals surface area (Å²) in [6.45, 7) is 3.74. The Kier molecular flexibility index (Phi) is 2.37. The van der Waals surface area contributed by atoms with Crippen molar-refractivity contribution < 1.29 is 14.3 Å². The molecule has 22 heavy (non-hydrogen) atoms. The number of hydrogen-bond donors (Lipinski definition) is 2. The van der Waals surface area contributed by atoms with Crippen LogP contribution in [0, 0.1) is 0 Å². The first-order valence-corrected chi connectivity index (χ1v) is 6.86. The van der Waals surface area contributed by atoms with E-state index in [-0.39, 0.29) is 11.7 Å². The minimum absolute atomic E-state index is 0.00947. The lowest BCUT2D eigenvalue weighted by Crippen LogP contribution is -2.26. The lowest BCUT2D eigenvalue weighted by Gasteiger charge is -2.14. The van der Waals surface area contributed by atoms with Gasteiger partial charge in [0.1, 0.15) is 11.3 Å². The van der Waals surface area contributed by atoms with Crippen LogP contribution in [0.15, 0.2) is 35.0 Å². The summed E-state index contributed by atoms with van der Waals surface area (Å²) in [5, 5.41) is 12.7. The molecular formula is C16H13N3O3. The highest BCUT2D eigenvalue weighted by Crippen LogP contribution is 2.40. The number of fused-ring (bicyclic) bond motifs is 2. The molecule has 1 aromatic carbocycles. The fraction of sp³-hybridized carbons (Fsp3) is 0.188. The molecule has 0 radical (unpaired) electrons. The molecule has 0 saturated carbocycles. The Morgan fingerprint density at radius 1 is 1.32 bits per heavy atom. The number of hydrogen-bond acceptors (Lipinski definition) is 5. The molecule has 3 aromatic rings. The molecule has 110 valence electrons. The maximum atomic E-state index is 12.0. The zero-order valence-corrected chi connectivity index (χ0v) is 12.0. The smallest absolute Gasteiger partial charge is 0.234 e. The Balaban J connectivity index is 1.91. The van der Waals surface area contributed by atoms with E-state index in [0.717, 1.165) is 11.3 Å². The van der Waals surface area contributed by atoms with Gasteiger partial charge in [0.2, 0.25) is 11.8 Å². The summed E-state index contributed by atoms with van der Waals surface area (Å²) in [5.41, 5.74) is 2.72. The van der Waals surface area contributed by atoms with Gasteiger partial charge in [0.25, 0.3) is 0 Å². The standard InChI is InChI=1S/C16H13N3O3/c1-16(2)9-5-11-13(6-10(9)19-15(16)21)22-14(18-11)8-3-4-17-7-12(8)20/h3-7,20H,1-2H3,(H,19,21). The number of amides is 1. The molecular weight excluding hydrogens is 282 g/mol. The van der Waals surface area contributed by atoms with Gasteiger partial charge in [-0.15, -0.1) is 0 Å². The maximum Gasteiger partial charge on any atom is 0.234 e. The van der Waals surface area contributed by atoms with Crippen LogP contribution in [-0.4, -0.2) is 21.0 Å². The number of oxazole rings is 1. The molecule has 1 aliphatic heterocycles. The van der Waals surface area contributed by atoms with E-state index in [1.807, 2.05) is 19.9 Å². The first-order chi connectivity index (χ1) is 10.5. The number of carbonyl (C=O) groups is 1. The van der Waals surface area contributed by atoms with Gasteiger partial charge in [-0.05, 0) is 31.5 Å². The monoisotopic (exact) mass is 295 g/mol. The largest absolute Gasteiger partial charge is 0.505 e. The van der Waals surface area contributed by atoms with Crippen LogP contribution < -0.4 is 5.32 Å². The van der Waals surface area contributed by atoms with Gasteiger partial charge in [0.15, 0.2) is 5.58 Å². The minimum Gasteiger partial charge on any atom is -0.505 e. The highest BCUT2D eigenvalue weighted by atomic mass is 16.3. The van der Waals surface area contributed by atoms with E-state index in [0.29, 0.717) is 22.6 Å². The predicted octanol–water partition coefficient (Wildman–Crippen LogP) is 2.83. The second-order valence-electron chi connectivity index (χ2n) is 5.86. The number of aromatic hydroxyl groups is 1. The van der Waals surface area contributed by atoms with Gasteiger partial charge >= 0.3 is 0 Å². The molecule has 3 heterocycles. The molecule has 1 aliphatic rings. The van der Waals surface area contributed by atoms with Gasteiger partial charge in [0.05, 0.1) is 17.2 Å². The molecule has 0 atom stereocenters. The van der Waals surface area contributed by atoms with E-state index in [9.17, 15) is 9.90 Å². The lowest BCUT2D eigenvalue weighted by atomic mass is 9.86. The van der Waals surface area contributed by atoms with Gasteiger partial charge in [-0.3, -0.25) is 9.78 Å². The molecule has 0 aliphatic carbocycles. The number of nitrogens with one attached hydrogen (secondary N) is 1. The van der Waals surface area contributed by atoms with Crippen molar-refractivity contribution in [3.05, 3.63) is 36.2 Å². The Labute approximate surface area is 125 Å². The Morgan fingerprint density at radius 2 is 2.14 bits per heavy atom. The van der Waals surface area contributed by atoms with Crippen LogP contribution in [0.25, 0.3) is 22.6 Å². The number of anilines is 1. The normalized spacial score (nSPS) is 15.8. The number of pyridine rings is 1. The van der Waals surface area contributed by atoms with Crippen molar-refractivity contribution in [2.45, 2.75) is 19.3 Å². The predicted molar refractivity (Wildman–Crippen MR) is 80.6 cm³/mol. The second-order valence-corrected chi connectivity index (χ2v) is 5.86. The summed E-state index contributed by atoms with van der Waals surface area (Å²) in [6.07, 6.45) is 2.90. The summed E-state index contributed by atoms with van der Waals surface area (Å²) in [7, 11) is 0. The fourth-order valence-corrected chi connectivity index (χ4v) is 2.68. The topological polar surface area (TPSA) is 88.2 Å². The van der Waals surface area contributed by atoms with Crippen molar-refractivity contribution in [1.82, 2.24) is 9.97 Å². The van der Waals surface area contributed by atoms with E-state index in [1.165, 1.54) is 6.20 Å². The van der Waals surface area contributed by atoms with Crippen molar-refractivity contribution in [2.24, 2.45) is 0 Å². The zero-order chi connectivity index (χ0) is 15.5. The van der Waals surface area contributed by atoms with E-state index >= 15 is 0 Å². The van der Waals surface area contributed by atoms with Gasteiger partial charge in [-0.25, -0.2) is 4.98 Å². The molecule has 0 bridgehead atoms. The van der Waals surface area contributed by atoms with Crippen molar-refractivity contribution in [1.29, 1.82) is 0 Å². The third-order valence-corrected chi connectivity index (χ3v) is 4.05. The highest BCUT2D eigenvalue weighted by Gasteiger charge is 2.39. The van der Waals surface area contributed by atoms with Gasteiger partial charge < -0.3 is 14.8 Å². The van der Waals surface area contributed by atoms with Crippen molar-refractivity contribution in [2.75, 3.05) is 5.32 Å². The molecule has 0 unspecified atom stereocenters. The molecule has 2 N–H and O–H groups in total. The van der Waals surface area contributed by atoms with Crippen LogP contribution in [0.3, 0.4) is 0 Å². The third-order valence-electron chi connectivity index (χ3n) is 4.05. The lowest BCUT2D eigenvalue weighted by molar-refractivity contribution is -0.119. The maximum absolute atomic E-state index is 12.0. The van der Waals surface area contributed by atoms with E-state index in [1.54, 1.807) is 18.3 Å². The summed E-state index contributed by atoms with van der Waals surface area (Å²) in [4.78, 5) is 20.2. The summed E-state index contributed by atoms with van der Waals surface area (Å²) in [6, 6.07) is 5.26. The quantitative estimate of drug-likeness (QED) is 0.720. The molecule has 4 rings (SSSR count). The van der Waals surface area contributed by atoms with E-state index in [2.05, 4.69) is 15.3 Å². The minimum atomic E-state index is -0.596. The first kappa shape index (κ1) is 12.8. The number of carbonyl (C=O) groups excluding carboxylic acids is 1. The van der Waals surface area contributed by atoms with Gasteiger partial charge in [-0.1, -0.05) is 0 Å². The molecule has 0 saturated heterocycles. The molecule has 6 nitrogen and oxygen atoms in total. The van der Waals surface area contributed by atoms with Crippen LogP contribution >= 0.6 is 0 Å². The first-order valence-electron chi connectivity index (χ1n) is 6.86. The van der Waals surface area contributed by atoms with Crippen molar-refractivity contribution in [3.63, 3.8) is 0 Å². The molecule has 0 fully saturated rings. The van der Waals surface area contributed by atoms with Crippen LogP contribution in [0.1, 0.15) is 19.4 Å². The summed E-state index contributed by atoms with van der Waals surface area (Å²) in [5.74, 6) is 0.292. The van der Waals surface area contributed by atoms with Crippen molar-refractivity contribution >= 4 is 22.7 Å². The Morgan fingerprint density at radius 3 is 2.91 bits per heavy atom. The number of rotatable bonds is 1. The molecule has 1 amide bonds. The average molecular weight is 295 g/mol. The van der Waals surface area contributed by atoms with Crippen LogP contribution in [0.2, 0.25) is 0 Å². The Hall–Kier alpha value is -2.89. The SMILES string of the molecule is CC1(C)C(=O)Nc2cc3oc(-c4ccncc4O)nc3cc21. The third kappa shape index (κ3) is 1.64.